The van der Waals surface area contributed by atoms with E-state index in [0.717, 1.165) is 5.65 Å². The second kappa shape index (κ2) is 4.75. The normalized spacial score (nSPS) is 22.3. The van der Waals surface area contributed by atoms with Crippen molar-refractivity contribution in [1.82, 2.24) is 9.38 Å². The van der Waals surface area contributed by atoms with Crippen molar-refractivity contribution in [2.75, 3.05) is 23.0 Å². The molecule has 0 amide bonds. The average Bonchev–Trinajstić information content (AvgIpc) is 2.75. The lowest BCUT2D eigenvalue weighted by molar-refractivity contribution is 0.276. The summed E-state index contributed by atoms with van der Waals surface area (Å²) in [5, 5.41) is 9.62. The predicted octanol–water partition coefficient (Wildman–Crippen LogP) is 0.450. The highest BCUT2D eigenvalue weighted by molar-refractivity contribution is 7.91. The summed E-state index contributed by atoms with van der Waals surface area (Å²) in [4.78, 5) is 6.51. The van der Waals surface area contributed by atoms with Gasteiger partial charge in [-0.25, -0.2) is 13.4 Å². The lowest BCUT2D eigenvalue weighted by Crippen LogP contribution is -2.47. The number of pyridine rings is 1. The van der Waals surface area contributed by atoms with E-state index in [0.29, 0.717) is 18.1 Å². The van der Waals surface area contributed by atoms with Crippen LogP contribution in [-0.4, -0.2) is 47.0 Å². The van der Waals surface area contributed by atoms with Crippen LogP contribution in [0.15, 0.2) is 24.4 Å². The Hall–Kier alpha value is -1.60. The number of imidazole rings is 1. The molecule has 0 bridgehead atoms. The largest absolute Gasteiger partial charge is 0.390 e. The minimum Gasteiger partial charge on any atom is -0.390 e. The fourth-order valence-electron chi connectivity index (χ4n) is 2.72. The summed E-state index contributed by atoms with van der Waals surface area (Å²) in [6.45, 7) is 2.17. The van der Waals surface area contributed by atoms with Crippen molar-refractivity contribution in [2.24, 2.45) is 0 Å². The molecule has 108 valence electrons. The Kier molecular flexibility index (Phi) is 3.18. The molecule has 20 heavy (non-hydrogen) atoms. The number of anilines is 1. The van der Waals surface area contributed by atoms with Gasteiger partial charge >= 0.3 is 0 Å². The van der Waals surface area contributed by atoms with Crippen LogP contribution in [0.4, 0.5) is 5.82 Å². The topological polar surface area (TPSA) is 74.9 Å². The molecule has 1 N–H and O–H groups in total. The first-order valence-electron chi connectivity index (χ1n) is 6.56. The molecule has 0 aliphatic carbocycles. The van der Waals surface area contributed by atoms with E-state index in [2.05, 4.69) is 4.98 Å². The molecule has 3 heterocycles. The Labute approximate surface area is 117 Å². The van der Waals surface area contributed by atoms with Crippen molar-refractivity contribution in [3.8, 4) is 0 Å². The number of hydrogen-bond donors (Lipinski definition) is 1. The summed E-state index contributed by atoms with van der Waals surface area (Å²) in [5.41, 5.74) is 1.46. The summed E-state index contributed by atoms with van der Waals surface area (Å²) < 4.78 is 25.2. The van der Waals surface area contributed by atoms with Gasteiger partial charge in [-0.1, -0.05) is 6.07 Å². The summed E-state index contributed by atoms with van der Waals surface area (Å²) in [5.74, 6) is 0.947. The van der Waals surface area contributed by atoms with Gasteiger partial charge in [-0.05, 0) is 19.1 Å². The third-order valence-electron chi connectivity index (χ3n) is 3.70. The monoisotopic (exact) mass is 295 g/mol. The van der Waals surface area contributed by atoms with E-state index >= 15 is 0 Å². The van der Waals surface area contributed by atoms with E-state index in [1.807, 2.05) is 40.6 Å². The molecule has 1 saturated heterocycles. The average molecular weight is 295 g/mol. The van der Waals surface area contributed by atoms with Gasteiger partial charge in [0.15, 0.2) is 15.7 Å². The number of nitrogens with zero attached hydrogens (tertiary/aromatic N) is 3. The van der Waals surface area contributed by atoms with E-state index in [1.165, 1.54) is 0 Å². The Morgan fingerprint density at radius 2 is 2.25 bits per heavy atom. The molecule has 6 nitrogen and oxygen atoms in total. The van der Waals surface area contributed by atoms with Gasteiger partial charge in [-0.3, -0.25) is 4.40 Å². The number of sulfone groups is 1. The highest BCUT2D eigenvalue weighted by Gasteiger charge is 2.31. The smallest absolute Gasteiger partial charge is 0.154 e. The zero-order valence-corrected chi connectivity index (χ0v) is 12.0. The second-order valence-electron chi connectivity index (χ2n) is 5.13. The molecule has 1 aliphatic rings. The number of aliphatic hydroxyl groups excluding tert-OH is 1. The Morgan fingerprint density at radius 1 is 1.45 bits per heavy atom. The van der Waals surface area contributed by atoms with Crippen molar-refractivity contribution in [1.29, 1.82) is 0 Å². The predicted molar refractivity (Wildman–Crippen MR) is 76.6 cm³/mol. The highest BCUT2D eigenvalue weighted by atomic mass is 32.2. The Morgan fingerprint density at radius 3 is 2.95 bits per heavy atom. The molecule has 1 unspecified atom stereocenters. The zero-order chi connectivity index (χ0) is 14.3. The maximum absolute atomic E-state index is 11.7. The van der Waals surface area contributed by atoms with Crippen molar-refractivity contribution in [3.05, 3.63) is 30.1 Å². The number of rotatable bonds is 2. The SMILES string of the molecule is CC1CS(=O)(=O)CCN1c1nc2ccccn2c1CO. The molecular weight excluding hydrogens is 278 g/mol. The van der Waals surface area contributed by atoms with Crippen LogP contribution >= 0.6 is 0 Å². The summed E-state index contributed by atoms with van der Waals surface area (Å²) >= 11 is 0. The van der Waals surface area contributed by atoms with Gasteiger partial charge in [0.05, 0.1) is 23.8 Å². The Balaban J connectivity index is 2.06. The van der Waals surface area contributed by atoms with E-state index in [1.54, 1.807) is 0 Å². The Bertz CT molecular complexity index is 738. The molecule has 0 radical (unpaired) electrons. The van der Waals surface area contributed by atoms with Crippen molar-refractivity contribution in [3.63, 3.8) is 0 Å². The third kappa shape index (κ3) is 2.16. The molecule has 2 aromatic rings. The van der Waals surface area contributed by atoms with Gasteiger partial charge in [-0.15, -0.1) is 0 Å². The van der Waals surface area contributed by atoms with Gasteiger partial charge < -0.3 is 10.0 Å². The summed E-state index contributed by atoms with van der Waals surface area (Å²) in [6.07, 6.45) is 1.85. The van der Waals surface area contributed by atoms with Crippen LogP contribution in [0.2, 0.25) is 0 Å². The number of hydrogen-bond acceptors (Lipinski definition) is 5. The van der Waals surface area contributed by atoms with E-state index in [-0.39, 0.29) is 24.2 Å². The molecule has 0 spiro atoms. The van der Waals surface area contributed by atoms with Gasteiger partial charge in [0.2, 0.25) is 0 Å². The van der Waals surface area contributed by atoms with E-state index in [4.69, 9.17) is 0 Å². The van der Waals surface area contributed by atoms with E-state index in [9.17, 15) is 13.5 Å². The molecule has 3 rings (SSSR count). The quantitative estimate of drug-likeness (QED) is 0.870. The summed E-state index contributed by atoms with van der Waals surface area (Å²) in [7, 11) is -2.96. The van der Waals surface area contributed by atoms with E-state index < -0.39 is 9.84 Å². The second-order valence-corrected chi connectivity index (χ2v) is 7.35. The van der Waals surface area contributed by atoms with Crippen LogP contribution < -0.4 is 4.90 Å². The van der Waals surface area contributed by atoms with Gasteiger partial charge in [0.25, 0.3) is 0 Å². The minimum absolute atomic E-state index is 0.128. The molecule has 2 aromatic heterocycles. The lowest BCUT2D eigenvalue weighted by Gasteiger charge is -2.33. The minimum atomic E-state index is -2.96. The first-order valence-corrected chi connectivity index (χ1v) is 8.38. The molecule has 0 aromatic carbocycles. The van der Waals surface area contributed by atoms with Gasteiger partial charge in [0.1, 0.15) is 5.65 Å². The molecule has 7 heteroatoms. The van der Waals surface area contributed by atoms with Crippen LogP contribution in [-0.2, 0) is 16.4 Å². The first kappa shape index (κ1) is 13.4. The first-order chi connectivity index (χ1) is 9.52. The van der Waals surface area contributed by atoms with Crippen LogP contribution in [0.1, 0.15) is 12.6 Å². The van der Waals surface area contributed by atoms with Crippen molar-refractivity contribution in [2.45, 2.75) is 19.6 Å². The molecule has 1 atom stereocenters. The molecule has 1 aliphatic heterocycles. The number of aliphatic hydroxyl groups is 1. The van der Waals surface area contributed by atoms with Crippen molar-refractivity contribution < 1.29 is 13.5 Å². The third-order valence-corrected chi connectivity index (χ3v) is 5.49. The van der Waals surface area contributed by atoms with Gasteiger partial charge in [-0.2, -0.15) is 0 Å². The molecular formula is C13H17N3O3S. The van der Waals surface area contributed by atoms with Crippen molar-refractivity contribution >= 4 is 21.3 Å². The van der Waals surface area contributed by atoms with Crippen LogP contribution in [0.5, 0.6) is 0 Å². The lowest BCUT2D eigenvalue weighted by atomic mass is 10.3. The standard InChI is InChI=1S/C13H17N3O3S/c1-10-9-20(18,19)7-6-15(10)13-11(8-17)16-5-3-2-4-12(16)14-13/h2-5,10,17H,6-9H2,1H3. The zero-order valence-electron chi connectivity index (χ0n) is 11.2. The molecule has 1 fully saturated rings. The fraction of sp³-hybridized carbons (Fsp3) is 0.462. The van der Waals surface area contributed by atoms with Gasteiger partial charge in [0, 0.05) is 18.8 Å². The fourth-order valence-corrected chi connectivity index (χ4v) is 4.28. The van der Waals surface area contributed by atoms with Crippen LogP contribution in [0, 0.1) is 0 Å². The van der Waals surface area contributed by atoms with Crippen LogP contribution in [0.25, 0.3) is 5.65 Å². The number of fused-ring (bicyclic) bond motifs is 1. The maximum Gasteiger partial charge on any atom is 0.154 e. The molecule has 0 saturated carbocycles. The highest BCUT2D eigenvalue weighted by Crippen LogP contribution is 2.26. The maximum atomic E-state index is 11.7. The van der Waals surface area contributed by atoms with Crippen LogP contribution in [0.3, 0.4) is 0 Å². The summed E-state index contributed by atoms with van der Waals surface area (Å²) in [6, 6.07) is 5.50. The number of aromatic nitrogens is 2.